The monoisotopic (exact) mass is 587 g/mol. The largest absolute Gasteiger partial charge is 0.489 e. The van der Waals surface area contributed by atoms with E-state index in [2.05, 4.69) is 5.32 Å². The van der Waals surface area contributed by atoms with E-state index in [-0.39, 0.29) is 13.0 Å². The maximum Gasteiger partial charge on any atom is 0.305 e. The van der Waals surface area contributed by atoms with Crippen LogP contribution in [-0.4, -0.2) is 17.0 Å². The molecule has 0 radical (unpaired) electrons. The third-order valence-corrected chi connectivity index (χ3v) is 6.86. The first-order chi connectivity index (χ1) is 21.5. The Balaban J connectivity index is 1.18. The molecule has 44 heavy (non-hydrogen) atoms. The van der Waals surface area contributed by atoms with Gasteiger partial charge in [0.15, 0.2) is 0 Å². The highest BCUT2D eigenvalue weighted by atomic mass is 16.5. The van der Waals surface area contributed by atoms with E-state index in [1.807, 2.05) is 84.9 Å². The third-order valence-electron chi connectivity index (χ3n) is 6.86. The fourth-order valence-electron chi connectivity index (χ4n) is 4.57. The molecule has 0 fully saturated rings. The number of amides is 1. The molecule has 0 bridgehead atoms. The Bertz CT molecular complexity index is 1660. The lowest BCUT2D eigenvalue weighted by molar-refractivity contribution is -0.137. The Morgan fingerprint density at radius 2 is 1.09 bits per heavy atom. The van der Waals surface area contributed by atoms with Crippen molar-refractivity contribution in [2.75, 3.05) is 0 Å². The fourth-order valence-corrected chi connectivity index (χ4v) is 4.57. The second-order valence-corrected chi connectivity index (χ2v) is 10.2. The maximum absolute atomic E-state index is 13.2. The highest BCUT2D eigenvalue weighted by Gasteiger charge is 2.19. The van der Waals surface area contributed by atoms with Crippen LogP contribution in [0, 0.1) is 0 Å². The SMILES string of the molecule is O=C(O)CC(NC(=O)c1cccc(OCc2cccc(OCc3ccccc3)c2)c1)c1ccc(OCc2ccccc2)cc1. The number of nitrogens with one attached hydrogen (secondary N) is 1. The highest BCUT2D eigenvalue weighted by molar-refractivity contribution is 5.95. The number of rotatable bonds is 14. The molecular formula is C37H33NO6. The first-order valence-corrected chi connectivity index (χ1v) is 14.3. The van der Waals surface area contributed by atoms with Crippen LogP contribution in [0.5, 0.6) is 17.2 Å². The number of hydrogen-bond donors (Lipinski definition) is 2. The third kappa shape index (κ3) is 8.97. The van der Waals surface area contributed by atoms with Crippen molar-refractivity contribution in [3.8, 4) is 17.2 Å². The molecule has 0 aliphatic rings. The van der Waals surface area contributed by atoms with Gasteiger partial charge in [0.2, 0.25) is 0 Å². The lowest BCUT2D eigenvalue weighted by Crippen LogP contribution is -2.30. The van der Waals surface area contributed by atoms with Gasteiger partial charge in [0.1, 0.15) is 37.1 Å². The van der Waals surface area contributed by atoms with Crippen LogP contribution in [0.3, 0.4) is 0 Å². The van der Waals surface area contributed by atoms with Crippen LogP contribution >= 0.6 is 0 Å². The number of carboxylic acid groups (broad SMARTS) is 1. The zero-order valence-corrected chi connectivity index (χ0v) is 24.1. The molecule has 0 saturated carbocycles. The molecule has 0 saturated heterocycles. The molecule has 1 amide bonds. The van der Waals surface area contributed by atoms with Gasteiger partial charge in [-0.25, -0.2) is 0 Å². The molecule has 5 aromatic carbocycles. The first-order valence-electron chi connectivity index (χ1n) is 14.3. The van der Waals surface area contributed by atoms with E-state index in [1.54, 1.807) is 48.5 Å². The zero-order chi connectivity index (χ0) is 30.6. The van der Waals surface area contributed by atoms with Gasteiger partial charge >= 0.3 is 5.97 Å². The van der Waals surface area contributed by atoms with Gasteiger partial charge in [0.25, 0.3) is 5.91 Å². The summed E-state index contributed by atoms with van der Waals surface area (Å²) in [5.41, 5.74) is 4.07. The number of ether oxygens (including phenoxy) is 3. The predicted octanol–water partition coefficient (Wildman–Crippen LogP) is 7.37. The van der Waals surface area contributed by atoms with Crippen LogP contribution in [0.25, 0.3) is 0 Å². The Kier molecular flexibility index (Phi) is 10.2. The minimum absolute atomic E-state index is 0.269. The van der Waals surface area contributed by atoms with Crippen molar-refractivity contribution >= 4 is 11.9 Å². The minimum Gasteiger partial charge on any atom is -0.489 e. The van der Waals surface area contributed by atoms with Gasteiger partial charge in [0, 0.05) is 5.56 Å². The average Bonchev–Trinajstić information content (AvgIpc) is 3.06. The molecule has 0 aliphatic carbocycles. The van der Waals surface area contributed by atoms with Gasteiger partial charge in [-0.3, -0.25) is 9.59 Å². The van der Waals surface area contributed by atoms with E-state index in [9.17, 15) is 14.7 Å². The van der Waals surface area contributed by atoms with E-state index in [0.29, 0.717) is 35.8 Å². The molecule has 2 N–H and O–H groups in total. The number of benzene rings is 5. The van der Waals surface area contributed by atoms with Gasteiger partial charge in [-0.1, -0.05) is 91.0 Å². The van der Waals surface area contributed by atoms with Gasteiger partial charge < -0.3 is 24.6 Å². The number of carboxylic acids is 1. The van der Waals surface area contributed by atoms with Gasteiger partial charge in [-0.05, 0) is 64.7 Å². The number of hydrogen-bond acceptors (Lipinski definition) is 5. The predicted molar refractivity (Wildman–Crippen MR) is 168 cm³/mol. The Hall–Kier alpha value is -5.56. The zero-order valence-electron chi connectivity index (χ0n) is 24.1. The van der Waals surface area contributed by atoms with Gasteiger partial charge in [-0.15, -0.1) is 0 Å². The molecule has 7 heteroatoms. The molecule has 1 unspecified atom stereocenters. The smallest absolute Gasteiger partial charge is 0.305 e. The Labute approximate surface area is 256 Å². The normalized spacial score (nSPS) is 11.3. The molecule has 7 nitrogen and oxygen atoms in total. The van der Waals surface area contributed by atoms with Crippen LogP contribution < -0.4 is 19.5 Å². The van der Waals surface area contributed by atoms with Crippen molar-refractivity contribution in [1.82, 2.24) is 5.32 Å². The summed E-state index contributed by atoms with van der Waals surface area (Å²) in [6.07, 6.45) is -0.269. The molecule has 0 aliphatic heterocycles. The van der Waals surface area contributed by atoms with Crippen molar-refractivity contribution < 1.29 is 28.9 Å². The van der Waals surface area contributed by atoms with Crippen molar-refractivity contribution in [3.63, 3.8) is 0 Å². The second kappa shape index (κ2) is 15.1. The summed E-state index contributed by atoms with van der Waals surface area (Å²) >= 11 is 0. The molecule has 222 valence electrons. The van der Waals surface area contributed by atoms with Crippen LogP contribution in [0.2, 0.25) is 0 Å². The number of carbonyl (C=O) groups is 2. The van der Waals surface area contributed by atoms with Crippen molar-refractivity contribution in [3.05, 3.63) is 161 Å². The quantitative estimate of drug-likeness (QED) is 0.141. The second-order valence-electron chi connectivity index (χ2n) is 10.2. The summed E-state index contributed by atoms with van der Waals surface area (Å²) in [6.45, 7) is 1.17. The van der Waals surface area contributed by atoms with E-state index in [0.717, 1.165) is 22.4 Å². The molecule has 0 heterocycles. The summed E-state index contributed by atoms with van der Waals surface area (Å²) in [4.78, 5) is 24.8. The van der Waals surface area contributed by atoms with E-state index in [4.69, 9.17) is 14.2 Å². The van der Waals surface area contributed by atoms with Crippen molar-refractivity contribution in [1.29, 1.82) is 0 Å². The molecule has 5 rings (SSSR count). The molecule has 0 spiro atoms. The lowest BCUT2D eigenvalue weighted by atomic mass is 10.0. The average molecular weight is 588 g/mol. The number of carbonyl (C=O) groups excluding carboxylic acids is 1. The molecule has 1 atom stereocenters. The van der Waals surface area contributed by atoms with E-state index in [1.165, 1.54) is 0 Å². The summed E-state index contributed by atoms with van der Waals surface area (Å²) in [6, 6.07) is 40.6. The van der Waals surface area contributed by atoms with Crippen LogP contribution in [0.1, 0.15) is 45.1 Å². The van der Waals surface area contributed by atoms with E-state index >= 15 is 0 Å². The lowest BCUT2D eigenvalue weighted by Gasteiger charge is -2.18. The highest BCUT2D eigenvalue weighted by Crippen LogP contribution is 2.23. The number of aliphatic carboxylic acids is 1. The van der Waals surface area contributed by atoms with Gasteiger partial charge in [-0.2, -0.15) is 0 Å². The summed E-state index contributed by atoms with van der Waals surface area (Å²) in [5.74, 6) is 0.483. The van der Waals surface area contributed by atoms with Crippen molar-refractivity contribution in [2.24, 2.45) is 0 Å². The van der Waals surface area contributed by atoms with Crippen LogP contribution in [0.15, 0.2) is 133 Å². The maximum atomic E-state index is 13.2. The molecule has 0 aromatic heterocycles. The minimum atomic E-state index is -1.02. The summed E-state index contributed by atoms with van der Waals surface area (Å²) < 4.78 is 17.7. The molecular weight excluding hydrogens is 554 g/mol. The topological polar surface area (TPSA) is 94.1 Å². The summed E-state index contributed by atoms with van der Waals surface area (Å²) in [5, 5.41) is 12.4. The van der Waals surface area contributed by atoms with Crippen LogP contribution in [0.4, 0.5) is 0 Å². The first kappa shape index (κ1) is 29.9. The van der Waals surface area contributed by atoms with Crippen molar-refractivity contribution in [2.45, 2.75) is 32.3 Å². The standard InChI is InChI=1S/C37H33NO6/c39-36(40)23-35(30-17-19-32(20-18-30)42-24-27-9-3-1-4-10-27)38-37(41)31-14-8-16-34(22-31)44-26-29-13-7-15-33(21-29)43-25-28-11-5-2-6-12-28/h1-22,35H,23-26H2,(H,38,41)(H,39,40). The van der Waals surface area contributed by atoms with E-state index < -0.39 is 17.9 Å². The molecule has 5 aromatic rings. The Morgan fingerprint density at radius 3 is 1.70 bits per heavy atom. The summed E-state index contributed by atoms with van der Waals surface area (Å²) in [7, 11) is 0. The van der Waals surface area contributed by atoms with Gasteiger partial charge in [0.05, 0.1) is 12.5 Å². The fraction of sp³-hybridized carbons (Fsp3) is 0.135. The van der Waals surface area contributed by atoms with Crippen LogP contribution in [-0.2, 0) is 24.6 Å². The Morgan fingerprint density at radius 1 is 0.568 bits per heavy atom.